The number of hydrogen-bond acceptors (Lipinski definition) is 2. The largest absolute Gasteiger partial charge is 0.372 e. The Hall–Kier alpha value is -1.02. The van der Waals surface area contributed by atoms with Crippen molar-refractivity contribution in [2.75, 3.05) is 18.0 Å². The first-order valence-electron chi connectivity index (χ1n) is 8.92. The van der Waals surface area contributed by atoms with E-state index in [4.69, 9.17) is 0 Å². The van der Waals surface area contributed by atoms with Gasteiger partial charge >= 0.3 is 0 Å². The first-order valence-corrected chi connectivity index (χ1v) is 8.92. The van der Waals surface area contributed by atoms with Crippen LogP contribution in [0, 0.1) is 5.92 Å². The molecule has 1 atom stereocenters. The summed E-state index contributed by atoms with van der Waals surface area (Å²) in [5.74, 6) is 1.02. The second kappa shape index (κ2) is 7.31. The number of piperidine rings is 1. The lowest BCUT2D eigenvalue weighted by Crippen LogP contribution is -2.29. The molecular weight excluding hydrogens is 256 g/mol. The number of nitrogens with zero attached hydrogens (tertiary/aromatic N) is 1. The summed E-state index contributed by atoms with van der Waals surface area (Å²) in [5.41, 5.74) is 2.83. The van der Waals surface area contributed by atoms with Gasteiger partial charge in [0.25, 0.3) is 0 Å². The number of hydrogen-bond donors (Lipinski definition) is 1. The van der Waals surface area contributed by atoms with E-state index in [1.54, 1.807) is 0 Å². The quantitative estimate of drug-likeness (QED) is 0.802. The maximum absolute atomic E-state index is 3.74. The van der Waals surface area contributed by atoms with Crippen LogP contribution in [0.5, 0.6) is 0 Å². The number of rotatable bonds is 7. The summed E-state index contributed by atoms with van der Waals surface area (Å²) in [6.07, 6.45) is 9.65. The van der Waals surface area contributed by atoms with E-state index >= 15 is 0 Å². The van der Waals surface area contributed by atoms with Crippen molar-refractivity contribution in [2.45, 2.75) is 64.5 Å². The maximum Gasteiger partial charge on any atom is 0.0366 e. The fourth-order valence-corrected chi connectivity index (χ4v) is 3.39. The van der Waals surface area contributed by atoms with Gasteiger partial charge in [0.2, 0.25) is 0 Å². The van der Waals surface area contributed by atoms with E-state index in [0.717, 1.165) is 12.5 Å². The highest BCUT2D eigenvalue weighted by molar-refractivity contribution is 5.47. The smallest absolute Gasteiger partial charge is 0.0366 e. The van der Waals surface area contributed by atoms with Crippen LogP contribution < -0.4 is 10.2 Å². The highest BCUT2D eigenvalue weighted by Gasteiger charge is 2.24. The van der Waals surface area contributed by atoms with E-state index in [1.807, 2.05) is 0 Å². The van der Waals surface area contributed by atoms with E-state index in [1.165, 1.54) is 69.3 Å². The Morgan fingerprint density at radius 1 is 1.10 bits per heavy atom. The minimum Gasteiger partial charge on any atom is -0.372 e. The van der Waals surface area contributed by atoms with Crippen LogP contribution in [0.4, 0.5) is 5.69 Å². The molecule has 0 aromatic heterocycles. The highest BCUT2D eigenvalue weighted by Crippen LogP contribution is 2.34. The SMILES string of the molecule is CCC(CC1CC1)NCc1ccc(N2CCCCC2)cc1. The van der Waals surface area contributed by atoms with Gasteiger partial charge in [0, 0.05) is 31.4 Å². The third kappa shape index (κ3) is 4.47. The first kappa shape index (κ1) is 14.9. The average Bonchev–Trinajstić information content (AvgIpc) is 3.37. The third-order valence-corrected chi connectivity index (χ3v) is 5.06. The molecule has 1 aromatic rings. The fourth-order valence-electron chi connectivity index (χ4n) is 3.39. The second-order valence-electron chi connectivity index (χ2n) is 6.88. The van der Waals surface area contributed by atoms with Crippen LogP contribution in [-0.2, 0) is 6.54 Å². The Kier molecular flexibility index (Phi) is 5.18. The van der Waals surface area contributed by atoms with Gasteiger partial charge in [-0.25, -0.2) is 0 Å². The van der Waals surface area contributed by atoms with Gasteiger partial charge in [-0.1, -0.05) is 31.9 Å². The van der Waals surface area contributed by atoms with Crippen LogP contribution in [0.15, 0.2) is 24.3 Å². The lowest BCUT2D eigenvalue weighted by Gasteiger charge is -2.29. The Balaban J connectivity index is 1.48. The molecule has 1 aliphatic carbocycles. The Morgan fingerprint density at radius 2 is 1.81 bits per heavy atom. The molecule has 1 unspecified atom stereocenters. The van der Waals surface area contributed by atoms with Gasteiger partial charge < -0.3 is 10.2 Å². The average molecular weight is 286 g/mol. The molecule has 1 saturated carbocycles. The summed E-state index contributed by atoms with van der Waals surface area (Å²) < 4.78 is 0. The Bertz CT molecular complexity index is 416. The molecule has 2 aliphatic rings. The molecule has 1 saturated heterocycles. The molecule has 0 bridgehead atoms. The summed E-state index contributed by atoms with van der Waals surface area (Å²) in [4.78, 5) is 2.53. The summed E-state index contributed by atoms with van der Waals surface area (Å²) in [7, 11) is 0. The zero-order valence-corrected chi connectivity index (χ0v) is 13.5. The minimum atomic E-state index is 0.708. The molecule has 0 amide bonds. The van der Waals surface area contributed by atoms with Gasteiger partial charge in [0.15, 0.2) is 0 Å². The molecule has 21 heavy (non-hydrogen) atoms. The number of anilines is 1. The molecule has 0 radical (unpaired) electrons. The molecule has 1 aliphatic heterocycles. The Morgan fingerprint density at radius 3 is 2.43 bits per heavy atom. The zero-order chi connectivity index (χ0) is 14.5. The minimum absolute atomic E-state index is 0.708. The monoisotopic (exact) mass is 286 g/mol. The van der Waals surface area contributed by atoms with E-state index in [-0.39, 0.29) is 0 Å². The van der Waals surface area contributed by atoms with Crippen molar-refractivity contribution in [3.8, 4) is 0 Å². The summed E-state index contributed by atoms with van der Waals surface area (Å²) >= 11 is 0. The van der Waals surface area contributed by atoms with Crippen LogP contribution in [0.2, 0.25) is 0 Å². The molecule has 2 nitrogen and oxygen atoms in total. The fraction of sp³-hybridized carbons (Fsp3) is 0.684. The van der Waals surface area contributed by atoms with Crippen molar-refractivity contribution in [2.24, 2.45) is 5.92 Å². The summed E-state index contributed by atoms with van der Waals surface area (Å²) in [5, 5.41) is 3.74. The molecular formula is C19H30N2. The lowest BCUT2D eigenvalue weighted by atomic mass is 10.1. The van der Waals surface area contributed by atoms with Crippen LogP contribution >= 0.6 is 0 Å². The van der Waals surface area contributed by atoms with Crippen LogP contribution in [0.25, 0.3) is 0 Å². The normalized spacial score (nSPS) is 20.5. The van der Waals surface area contributed by atoms with E-state index in [9.17, 15) is 0 Å². The molecule has 1 heterocycles. The van der Waals surface area contributed by atoms with Crippen molar-refractivity contribution in [3.63, 3.8) is 0 Å². The Labute approximate surface area is 129 Å². The van der Waals surface area contributed by atoms with Crippen molar-refractivity contribution < 1.29 is 0 Å². The number of nitrogens with one attached hydrogen (secondary N) is 1. The predicted octanol–water partition coefficient (Wildman–Crippen LogP) is 4.35. The zero-order valence-electron chi connectivity index (χ0n) is 13.5. The topological polar surface area (TPSA) is 15.3 Å². The standard InChI is InChI=1S/C19H30N2/c1-2-18(14-16-6-7-16)20-15-17-8-10-19(11-9-17)21-12-4-3-5-13-21/h8-11,16,18,20H,2-7,12-15H2,1H3. The second-order valence-corrected chi connectivity index (χ2v) is 6.88. The molecule has 2 fully saturated rings. The van der Waals surface area contributed by atoms with Crippen LogP contribution in [-0.4, -0.2) is 19.1 Å². The molecule has 2 heteroatoms. The molecule has 1 N–H and O–H groups in total. The van der Waals surface area contributed by atoms with E-state index < -0.39 is 0 Å². The van der Waals surface area contributed by atoms with E-state index in [2.05, 4.69) is 41.4 Å². The van der Waals surface area contributed by atoms with Crippen molar-refractivity contribution in [3.05, 3.63) is 29.8 Å². The van der Waals surface area contributed by atoms with Crippen molar-refractivity contribution in [1.82, 2.24) is 5.32 Å². The molecule has 116 valence electrons. The van der Waals surface area contributed by atoms with Crippen LogP contribution in [0.3, 0.4) is 0 Å². The van der Waals surface area contributed by atoms with Crippen LogP contribution in [0.1, 0.15) is 57.4 Å². The molecule has 1 aromatic carbocycles. The van der Waals surface area contributed by atoms with E-state index in [0.29, 0.717) is 6.04 Å². The van der Waals surface area contributed by atoms with Gasteiger partial charge in [0.05, 0.1) is 0 Å². The summed E-state index contributed by atoms with van der Waals surface area (Å²) in [6, 6.07) is 9.94. The predicted molar refractivity (Wildman–Crippen MR) is 90.8 cm³/mol. The van der Waals surface area contributed by atoms with Gasteiger partial charge in [-0.15, -0.1) is 0 Å². The van der Waals surface area contributed by atoms with Gasteiger partial charge in [-0.2, -0.15) is 0 Å². The first-order chi connectivity index (χ1) is 10.3. The van der Waals surface area contributed by atoms with Gasteiger partial charge in [0.1, 0.15) is 0 Å². The van der Waals surface area contributed by atoms with Gasteiger partial charge in [-0.3, -0.25) is 0 Å². The number of benzene rings is 1. The lowest BCUT2D eigenvalue weighted by molar-refractivity contribution is 0.445. The third-order valence-electron chi connectivity index (χ3n) is 5.06. The van der Waals surface area contributed by atoms with Crippen molar-refractivity contribution >= 4 is 5.69 Å². The molecule has 3 rings (SSSR count). The maximum atomic E-state index is 3.74. The molecule has 0 spiro atoms. The summed E-state index contributed by atoms with van der Waals surface area (Å²) in [6.45, 7) is 5.79. The highest BCUT2D eigenvalue weighted by atomic mass is 15.1. The van der Waals surface area contributed by atoms with Gasteiger partial charge in [-0.05, 0) is 55.7 Å². The van der Waals surface area contributed by atoms with Crippen molar-refractivity contribution in [1.29, 1.82) is 0 Å².